The van der Waals surface area contributed by atoms with Crippen molar-refractivity contribution in [1.29, 1.82) is 0 Å². The van der Waals surface area contributed by atoms with E-state index in [1.54, 1.807) is 0 Å². The first-order chi connectivity index (χ1) is 9.98. The van der Waals surface area contributed by atoms with Gasteiger partial charge in [-0.3, -0.25) is 4.79 Å². The molecule has 0 N–H and O–H groups in total. The van der Waals surface area contributed by atoms with Gasteiger partial charge in [-0.2, -0.15) is 9.78 Å². The van der Waals surface area contributed by atoms with Gasteiger partial charge in [0.1, 0.15) is 0 Å². The van der Waals surface area contributed by atoms with E-state index in [2.05, 4.69) is 25.9 Å². The number of aromatic nitrogens is 2. The van der Waals surface area contributed by atoms with Gasteiger partial charge < -0.3 is 0 Å². The van der Waals surface area contributed by atoms with Crippen molar-refractivity contribution in [3.05, 3.63) is 70.6 Å². The van der Waals surface area contributed by atoms with Crippen LogP contribution in [-0.2, 0) is 5.41 Å². The van der Waals surface area contributed by atoms with Gasteiger partial charge in [-0.25, -0.2) is 0 Å². The third-order valence-electron chi connectivity index (χ3n) is 3.52. The topological polar surface area (TPSA) is 34.9 Å². The molecule has 3 heteroatoms. The molecule has 0 saturated carbocycles. The number of para-hydroxylation sites is 1. The molecule has 2 aromatic carbocycles. The Morgan fingerprint density at radius 2 is 1.43 bits per heavy atom. The van der Waals surface area contributed by atoms with Gasteiger partial charge in [0, 0.05) is 10.8 Å². The molecule has 0 saturated heterocycles. The second-order valence-electron chi connectivity index (χ2n) is 6.20. The highest BCUT2D eigenvalue weighted by molar-refractivity contribution is 5.84. The van der Waals surface area contributed by atoms with Gasteiger partial charge in [0.05, 0.1) is 16.8 Å². The van der Waals surface area contributed by atoms with Crippen LogP contribution in [0.4, 0.5) is 0 Å². The summed E-state index contributed by atoms with van der Waals surface area (Å²) in [5.41, 5.74) is 1.51. The van der Waals surface area contributed by atoms with Crippen molar-refractivity contribution >= 4 is 10.8 Å². The van der Waals surface area contributed by atoms with Crippen LogP contribution in [0.15, 0.2) is 59.4 Å². The van der Waals surface area contributed by atoms with Gasteiger partial charge in [-0.05, 0) is 18.2 Å². The highest BCUT2D eigenvalue weighted by Gasteiger charge is 2.21. The molecule has 0 atom stereocenters. The Hall–Kier alpha value is -2.42. The van der Waals surface area contributed by atoms with E-state index < -0.39 is 0 Å². The van der Waals surface area contributed by atoms with Gasteiger partial charge in [-0.15, -0.1) is 0 Å². The zero-order chi connectivity index (χ0) is 15.0. The molecule has 0 spiro atoms. The Labute approximate surface area is 123 Å². The lowest BCUT2D eigenvalue weighted by Crippen LogP contribution is -2.27. The molecule has 1 heterocycles. The van der Waals surface area contributed by atoms with Crippen LogP contribution in [-0.4, -0.2) is 9.78 Å². The standard InChI is InChI=1S/C18H18N2O/c1-18(2,3)16-14-11-7-8-12-15(14)17(21)20(19-16)13-9-5-4-6-10-13/h4-12H,1-3H3. The minimum atomic E-state index is -0.135. The van der Waals surface area contributed by atoms with Crippen molar-refractivity contribution in [1.82, 2.24) is 9.78 Å². The van der Waals surface area contributed by atoms with E-state index in [9.17, 15) is 4.79 Å². The molecule has 3 rings (SSSR count). The van der Waals surface area contributed by atoms with E-state index >= 15 is 0 Å². The van der Waals surface area contributed by atoms with Crippen molar-refractivity contribution < 1.29 is 0 Å². The molecule has 0 aliphatic rings. The molecular formula is C18H18N2O. The van der Waals surface area contributed by atoms with E-state index in [-0.39, 0.29) is 11.0 Å². The van der Waals surface area contributed by atoms with Crippen molar-refractivity contribution in [3.8, 4) is 5.69 Å². The summed E-state index contributed by atoms with van der Waals surface area (Å²) in [6, 6.07) is 17.2. The van der Waals surface area contributed by atoms with Crippen LogP contribution in [0.2, 0.25) is 0 Å². The van der Waals surface area contributed by atoms with Crippen LogP contribution < -0.4 is 5.56 Å². The molecule has 3 aromatic rings. The summed E-state index contributed by atoms with van der Waals surface area (Å²) in [5, 5.41) is 6.29. The average molecular weight is 278 g/mol. The lowest BCUT2D eigenvalue weighted by Gasteiger charge is -2.21. The Morgan fingerprint density at radius 3 is 2.05 bits per heavy atom. The highest BCUT2D eigenvalue weighted by Crippen LogP contribution is 2.26. The van der Waals surface area contributed by atoms with Gasteiger partial charge in [0.2, 0.25) is 0 Å². The van der Waals surface area contributed by atoms with Crippen molar-refractivity contribution in [2.75, 3.05) is 0 Å². The molecule has 3 nitrogen and oxygen atoms in total. The van der Waals surface area contributed by atoms with E-state index in [4.69, 9.17) is 0 Å². The van der Waals surface area contributed by atoms with Crippen molar-refractivity contribution in [2.45, 2.75) is 26.2 Å². The number of rotatable bonds is 1. The van der Waals surface area contributed by atoms with E-state index in [1.165, 1.54) is 4.68 Å². The monoisotopic (exact) mass is 278 g/mol. The Morgan fingerprint density at radius 1 is 0.857 bits per heavy atom. The lowest BCUT2D eigenvalue weighted by atomic mass is 9.89. The fourth-order valence-corrected chi connectivity index (χ4v) is 2.49. The Kier molecular flexibility index (Phi) is 3.13. The average Bonchev–Trinajstić information content (AvgIpc) is 2.47. The lowest BCUT2D eigenvalue weighted by molar-refractivity contribution is 0.553. The van der Waals surface area contributed by atoms with Crippen LogP contribution >= 0.6 is 0 Å². The second kappa shape index (κ2) is 4.85. The van der Waals surface area contributed by atoms with Crippen LogP contribution in [0, 0.1) is 0 Å². The predicted octanol–water partition coefficient (Wildman–Crippen LogP) is 3.68. The Bertz CT molecular complexity index is 842. The second-order valence-corrected chi connectivity index (χ2v) is 6.20. The fraction of sp³-hybridized carbons (Fsp3) is 0.222. The third-order valence-corrected chi connectivity index (χ3v) is 3.52. The maximum atomic E-state index is 12.7. The molecule has 106 valence electrons. The van der Waals surface area contributed by atoms with Gasteiger partial charge in [0.25, 0.3) is 5.56 Å². The summed E-state index contributed by atoms with van der Waals surface area (Å²) in [6.07, 6.45) is 0. The van der Waals surface area contributed by atoms with Gasteiger partial charge in [0.15, 0.2) is 0 Å². The molecule has 0 amide bonds. The van der Waals surface area contributed by atoms with E-state index in [0.717, 1.165) is 16.8 Å². The van der Waals surface area contributed by atoms with Crippen LogP contribution in [0.5, 0.6) is 0 Å². The molecule has 0 bridgehead atoms. The maximum absolute atomic E-state index is 12.7. The Balaban J connectivity index is 2.43. The molecule has 0 unspecified atom stereocenters. The molecule has 0 fully saturated rings. The minimum absolute atomic E-state index is 0.0789. The molecule has 1 aromatic heterocycles. The molecule has 0 aliphatic carbocycles. The number of nitrogens with zero attached hydrogens (tertiary/aromatic N) is 2. The maximum Gasteiger partial charge on any atom is 0.279 e. The van der Waals surface area contributed by atoms with Crippen molar-refractivity contribution in [3.63, 3.8) is 0 Å². The number of benzene rings is 2. The highest BCUT2D eigenvalue weighted by atomic mass is 16.1. The van der Waals surface area contributed by atoms with Gasteiger partial charge in [-0.1, -0.05) is 57.2 Å². The van der Waals surface area contributed by atoms with E-state index in [0.29, 0.717) is 5.39 Å². The smallest absolute Gasteiger partial charge is 0.267 e. The zero-order valence-electron chi connectivity index (χ0n) is 12.5. The third kappa shape index (κ3) is 2.35. The van der Waals surface area contributed by atoms with Crippen molar-refractivity contribution in [2.24, 2.45) is 0 Å². The molecule has 0 radical (unpaired) electrons. The van der Waals surface area contributed by atoms with Gasteiger partial charge >= 0.3 is 0 Å². The zero-order valence-corrected chi connectivity index (χ0v) is 12.5. The summed E-state index contributed by atoms with van der Waals surface area (Å²) >= 11 is 0. The van der Waals surface area contributed by atoms with Crippen LogP contribution in [0.1, 0.15) is 26.5 Å². The summed E-state index contributed by atoms with van der Waals surface area (Å²) in [5.74, 6) is 0. The normalized spacial score (nSPS) is 11.8. The number of hydrogen-bond donors (Lipinski definition) is 0. The first-order valence-electron chi connectivity index (χ1n) is 7.06. The summed E-state index contributed by atoms with van der Waals surface area (Å²) in [7, 11) is 0. The number of fused-ring (bicyclic) bond motifs is 1. The fourth-order valence-electron chi connectivity index (χ4n) is 2.49. The summed E-state index contributed by atoms with van der Waals surface area (Å²) in [6.45, 7) is 6.34. The molecule has 21 heavy (non-hydrogen) atoms. The first kappa shape index (κ1) is 13.6. The summed E-state index contributed by atoms with van der Waals surface area (Å²) in [4.78, 5) is 12.7. The first-order valence-corrected chi connectivity index (χ1v) is 7.06. The summed E-state index contributed by atoms with van der Waals surface area (Å²) < 4.78 is 1.50. The quantitative estimate of drug-likeness (QED) is 0.680. The molecular weight excluding hydrogens is 260 g/mol. The minimum Gasteiger partial charge on any atom is -0.267 e. The largest absolute Gasteiger partial charge is 0.279 e. The number of hydrogen-bond acceptors (Lipinski definition) is 2. The van der Waals surface area contributed by atoms with Crippen LogP contribution in [0.25, 0.3) is 16.5 Å². The predicted molar refractivity (Wildman–Crippen MR) is 86.0 cm³/mol. The van der Waals surface area contributed by atoms with Crippen LogP contribution in [0.3, 0.4) is 0 Å². The molecule has 0 aliphatic heterocycles. The van der Waals surface area contributed by atoms with E-state index in [1.807, 2.05) is 54.6 Å². The SMILES string of the molecule is CC(C)(C)c1nn(-c2ccccc2)c(=O)c2ccccc12.